The zero-order chi connectivity index (χ0) is 14.5. The summed E-state index contributed by atoms with van der Waals surface area (Å²) in [5.74, 6) is 0.596. The molecule has 0 saturated heterocycles. The minimum atomic E-state index is -0.159. The number of hydrogen-bond acceptors (Lipinski definition) is 2. The Hall–Kier alpha value is -1.52. The van der Waals surface area contributed by atoms with Crippen LogP contribution in [0.15, 0.2) is 46.9 Å². The zero-order valence-corrected chi connectivity index (χ0v) is 13.2. The van der Waals surface area contributed by atoms with Gasteiger partial charge in [0.1, 0.15) is 5.75 Å². The number of benzene rings is 2. The van der Waals surface area contributed by atoms with E-state index in [1.165, 1.54) is 0 Å². The SMILES string of the molecule is COc1ccccc1CNC(=O)c1ccc(Cl)c(Br)c1. The second-order valence-corrected chi connectivity index (χ2v) is 5.38. The molecule has 0 aliphatic rings. The van der Waals surface area contributed by atoms with Crippen molar-refractivity contribution in [2.45, 2.75) is 6.54 Å². The number of hydrogen-bond donors (Lipinski definition) is 1. The number of para-hydroxylation sites is 1. The van der Waals surface area contributed by atoms with Gasteiger partial charge in [-0.3, -0.25) is 4.79 Å². The molecule has 0 unspecified atom stereocenters. The lowest BCUT2D eigenvalue weighted by Gasteiger charge is -2.10. The predicted octanol–water partition coefficient (Wildman–Crippen LogP) is 4.04. The van der Waals surface area contributed by atoms with Gasteiger partial charge in [0.25, 0.3) is 5.91 Å². The fourth-order valence-corrected chi connectivity index (χ4v) is 2.26. The van der Waals surface area contributed by atoms with Crippen LogP contribution in [-0.2, 0) is 6.54 Å². The Bertz CT molecular complexity index is 631. The van der Waals surface area contributed by atoms with E-state index in [4.69, 9.17) is 16.3 Å². The molecule has 0 fully saturated rings. The van der Waals surface area contributed by atoms with Gasteiger partial charge in [0.15, 0.2) is 0 Å². The van der Waals surface area contributed by atoms with E-state index in [1.54, 1.807) is 25.3 Å². The van der Waals surface area contributed by atoms with E-state index in [1.807, 2.05) is 24.3 Å². The molecule has 2 rings (SSSR count). The van der Waals surface area contributed by atoms with Crippen LogP contribution in [0.4, 0.5) is 0 Å². The van der Waals surface area contributed by atoms with Gasteiger partial charge in [-0.05, 0) is 40.2 Å². The molecular weight excluding hydrogens is 342 g/mol. The summed E-state index contributed by atoms with van der Waals surface area (Å²) in [4.78, 5) is 12.1. The number of carbonyl (C=O) groups is 1. The highest BCUT2D eigenvalue weighted by Crippen LogP contribution is 2.23. The summed E-state index contributed by atoms with van der Waals surface area (Å²) >= 11 is 9.20. The summed E-state index contributed by atoms with van der Waals surface area (Å²) < 4.78 is 5.94. The van der Waals surface area contributed by atoms with E-state index >= 15 is 0 Å². The van der Waals surface area contributed by atoms with Gasteiger partial charge in [0.2, 0.25) is 0 Å². The molecule has 0 heterocycles. The van der Waals surface area contributed by atoms with Crippen LogP contribution in [0.2, 0.25) is 5.02 Å². The number of halogens is 2. The molecule has 20 heavy (non-hydrogen) atoms. The Morgan fingerprint density at radius 2 is 2.05 bits per heavy atom. The Labute approximate surface area is 131 Å². The van der Waals surface area contributed by atoms with Crippen LogP contribution in [0.3, 0.4) is 0 Å². The van der Waals surface area contributed by atoms with Crippen molar-refractivity contribution in [1.29, 1.82) is 0 Å². The highest BCUT2D eigenvalue weighted by atomic mass is 79.9. The Morgan fingerprint density at radius 1 is 1.30 bits per heavy atom. The molecule has 5 heteroatoms. The van der Waals surface area contributed by atoms with Crippen LogP contribution in [0.25, 0.3) is 0 Å². The minimum absolute atomic E-state index is 0.159. The maximum atomic E-state index is 12.1. The molecule has 0 atom stereocenters. The van der Waals surface area contributed by atoms with E-state index in [0.717, 1.165) is 11.3 Å². The van der Waals surface area contributed by atoms with Gasteiger partial charge >= 0.3 is 0 Å². The topological polar surface area (TPSA) is 38.3 Å². The quantitative estimate of drug-likeness (QED) is 0.900. The summed E-state index contributed by atoms with van der Waals surface area (Å²) in [6, 6.07) is 12.6. The van der Waals surface area contributed by atoms with E-state index in [0.29, 0.717) is 21.6 Å². The largest absolute Gasteiger partial charge is 0.496 e. The van der Waals surface area contributed by atoms with Crippen LogP contribution >= 0.6 is 27.5 Å². The number of rotatable bonds is 4. The molecular formula is C15H13BrClNO2. The number of carbonyl (C=O) groups excluding carboxylic acids is 1. The smallest absolute Gasteiger partial charge is 0.251 e. The van der Waals surface area contributed by atoms with Crippen molar-refractivity contribution in [2.75, 3.05) is 7.11 Å². The summed E-state index contributed by atoms with van der Waals surface area (Å²) in [5.41, 5.74) is 1.48. The molecule has 2 aromatic carbocycles. The second kappa shape index (κ2) is 6.77. The molecule has 3 nitrogen and oxygen atoms in total. The van der Waals surface area contributed by atoms with Gasteiger partial charge in [-0.2, -0.15) is 0 Å². The van der Waals surface area contributed by atoms with Gasteiger partial charge in [-0.25, -0.2) is 0 Å². The van der Waals surface area contributed by atoms with E-state index in [9.17, 15) is 4.79 Å². The summed E-state index contributed by atoms with van der Waals surface area (Å²) in [7, 11) is 1.61. The molecule has 1 amide bonds. The molecule has 2 aromatic rings. The molecule has 0 aromatic heterocycles. The first-order valence-electron chi connectivity index (χ1n) is 5.97. The maximum absolute atomic E-state index is 12.1. The number of methoxy groups -OCH3 is 1. The Morgan fingerprint density at radius 3 is 2.75 bits per heavy atom. The van der Waals surface area contributed by atoms with Gasteiger partial charge < -0.3 is 10.1 Å². The summed E-state index contributed by atoms with van der Waals surface area (Å²) in [6.45, 7) is 0.406. The standard InChI is InChI=1S/C15H13BrClNO2/c1-20-14-5-3-2-4-11(14)9-18-15(19)10-6-7-13(17)12(16)8-10/h2-8H,9H2,1H3,(H,18,19). The average molecular weight is 355 g/mol. The van der Waals surface area contributed by atoms with Gasteiger partial charge in [-0.1, -0.05) is 29.8 Å². The zero-order valence-electron chi connectivity index (χ0n) is 10.8. The third kappa shape index (κ3) is 3.52. The van der Waals surface area contributed by atoms with Crippen molar-refractivity contribution < 1.29 is 9.53 Å². The summed E-state index contributed by atoms with van der Waals surface area (Å²) in [5, 5.41) is 3.43. The van der Waals surface area contributed by atoms with Crippen LogP contribution in [0.1, 0.15) is 15.9 Å². The average Bonchev–Trinajstić information content (AvgIpc) is 2.47. The van der Waals surface area contributed by atoms with Crippen LogP contribution in [0.5, 0.6) is 5.75 Å². The molecule has 0 aliphatic heterocycles. The molecule has 0 aliphatic carbocycles. The molecule has 0 saturated carbocycles. The maximum Gasteiger partial charge on any atom is 0.251 e. The van der Waals surface area contributed by atoms with Crippen molar-refractivity contribution in [3.05, 3.63) is 63.1 Å². The van der Waals surface area contributed by atoms with Crippen LogP contribution in [0, 0.1) is 0 Å². The highest BCUT2D eigenvalue weighted by molar-refractivity contribution is 9.10. The monoisotopic (exact) mass is 353 g/mol. The first kappa shape index (κ1) is 14.9. The number of amides is 1. The first-order chi connectivity index (χ1) is 9.61. The Balaban J connectivity index is 2.06. The lowest BCUT2D eigenvalue weighted by molar-refractivity contribution is 0.0950. The second-order valence-electron chi connectivity index (χ2n) is 4.12. The lowest BCUT2D eigenvalue weighted by Crippen LogP contribution is -2.23. The number of nitrogens with one attached hydrogen (secondary N) is 1. The van der Waals surface area contributed by atoms with Crippen molar-refractivity contribution in [3.63, 3.8) is 0 Å². The van der Waals surface area contributed by atoms with Crippen LogP contribution < -0.4 is 10.1 Å². The first-order valence-corrected chi connectivity index (χ1v) is 7.14. The minimum Gasteiger partial charge on any atom is -0.496 e. The number of ether oxygens (including phenoxy) is 1. The Kier molecular flexibility index (Phi) is 5.04. The van der Waals surface area contributed by atoms with E-state index in [2.05, 4.69) is 21.2 Å². The normalized spacial score (nSPS) is 10.2. The van der Waals surface area contributed by atoms with Crippen molar-refractivity contribution >= 4 is 33.4 Å². The molecule has 0 spiro atoms. The predicted molar refractivity (Wildman–Crippen MR) is 83.3 cm³/mol. The van der Waals surface area contributed by atoms with Crippen LogP contribution in [-0.4, -0.2) is 13.0 Å². The third-order valence-electron chi connectivity index (χ3n) is 2.81. The van der Waals surface area contributed by atoms with Gasteiger partial charge in [-0.15, -0.1) is 0 Å². The van der Waals surface area contributed by atoms with Crippen molar-refractivity contribution in [2.24, 2.45) is 0 Å². The lowest BCUT2D eigenvalue weighted by atomic mass is 10.2. The van der Waals surface area contributed by atoms with Gasteiger partial charge in [0.05, 0.1) is 12.1 Å². The third-order valence-corrected chi connectivity index (χ3v) is 4.03. The molecule has 0 bridgehead atoms. The molecule has 1 N–H and O–H groups in total. The fraction of sp³-hybridized carbons (Fsp3) is 0.133. The highest BCUT2D eigenvalue weighted by Gasteiger charge is 2.09. The van der Waals surface area contributed by atoms with E-state index < -0.39 is 0 Å². The summed E-state index contributed by atoms with van der Waals surface area (Å²) in [6.07, 6.45) is 0. The van der Waals surface area contributed by atoms with Gasteiger partial charge in [0, 0.05) is 22.1 Å². The molecule has 104 valence electrons. The molecule has 0 radical (unpaired) electrons. The fourth-order valence-electron chi connectivity index (χ4n) is 1.76. The van der Waals surface area contributed by atoms with Crippen molar-refractivity contribution in [3.8, 4) is 5.75 Å². The van der Waals surface area contributed by atoms with E-state index in [-0.39, 0.29) is 5.91 Å². The van der Waals surface area contributed by atoms with Crippen molar-refractivity contribution in [1.82, 2.24) is 5.32 Å².